The van der Waals surface area contributed by atoms with Crippen molar-refractivity contribution in [2.45, 2.75) is 43.8 Å². The smallest absolute Gasteiger partial charge is 0.433 e. The minimum atomic E-state index is -4.70. The van der Waals surface area contributed by atoms with Gasteiger partial charge in [-0.1, -0.05) is 12.6 Å². The molecule has 0 saturated heterocycles. The number of carbonyl (C=O) groups excluding carboxylic acids is 2. The van der Waals surface area contributed by atoms with Crippen LogP contribution in [0, 0.1) is 0 Å². The van der Waals surface area contributed by atoms with Crippen LogP contribution in [-0.2, 0) is 23.8 Å². The van der Waals surface area contributed by atoms with Crippen LogP contribution >= 0.6 is 0 Å². The summed E-state index contributed by atoms with van der Waals surface area (Å²) in [6.07, 6.45) is 0.347. The zero-order chi connectivity index (χ0) is 28.3. The fourth-order valence-electron chi connectivity index (χ4n) is 5.72. The lowest BCUT2D eigenvalue weighted by molar-refractivity contribution is -0.141. The number of hydrogen-bond donors (Lipinski definition) is 2. The number of phenols is 1. The molecule has 0 bridgehead atoms. The molecule has 1 atom stereocenters. The summed E-state index contributed by atoms with van der Waals surface area (Å²) in [5, 5.41) is 15.7. The molecule has 1 aliphatic carbocycles. The molecule has 40 heavy (non-hydrogen) atoms. The van der Waals surface area contributed by atoms with Gasteiger partial charge in [-0.25, -0.2) is 4.68 Å². The maximum Gasteiger partial charge on any atom is 0.433 e. The highest BCUT2D eigenvalue weighted by Gasteiger charge is 2.41. The van der Waals surface area contributed by atoms with E-state index in [0.29, 0.717) is 42.8 Å². The highest BCUT2D eigenvalue weighted by atomic mass is 19.4. The van der Waals surface area contributed by atoms with Gasteiger partial charge in [0.25, 0.3) is 5.91 Å². The average Bonchev–Trinajstić information content (AvgIpc) is 3.73. The standard InChI is InChI=1S/C28H27F3N6O3/c1-2-25(39)35-9-7-19-26-21(37(34-19)20-6-5-16(11-23(20)38)15-3-4-15)8-10-36(22(26)14-35)27(40)17-13-33-24(12-18(17)32)28(29,30)31/h2,5-6,11-13,15,22,38H,1,3-4,7-10,14H2,(H2,32,33)/t22-/m0/s1. The van der Waals surface area contributed by atoms with Gasteiger partial charge in [-0.2, -0.15) is 18.3 Å². The zero-order valence-corrected chi connectivity index (χ0v) is 21.5. The lowest BCUT2D eigenvalue weighted by atomic mass is 9.94. The molecule has 3 aliphatic rings. The molecule has 12 heteroatoms. The van der Waals surface area contributed by atoms with E-state index in [-0.39, 0.29) is 36.0 Å². The van der Waals surface area contributed by atoms with Gasteiger partial charge in [0.1, 0.15) is 17.1 Å². The third-order valence-electron chi connectivity index (χ3n) is 7.89. The summed E-state index contributed by atoms with van der Waals surface area (Å²) in [6.45, 7) is 4.25. The van der Waals surface area contributed by atoms with E-state index in [1.165, 1.54) is 11.0 Å². The first-order valence-electron chi connectivity index (χ1n) is 13.1. The number of alkyl halides is 3. The van der Waals surface area contributed by atoms with Gasteiger partial charge in [-0.15, -0.1) is 0 Å². The molecule has 1 saturated carbocycles. The number of anilines is 1. The molecule has 1 fully saturated rings. The van der Waals surface area contributed by atoms with Crippen LogP contribution in [0.2, 0.25) is 0 Å². The Morgan fingerprint density at radius 3 is 2.58 bits per heavy atom. The van der Waals surface area contributed by atoms with Crippen LogP contribution in [0.15, 0.2) is 43.1 Å². The van der Waals surface area contributed by atoms with Gasteiger partial charge in [-0.3, -0.25) is 14.6 Å². The second-order valence-corrected chi connectivity index (χ2v) is 10.4. The SMILES string of the molecule is C=CC(=O)N1CCc2nn(-c3ccc(C4CC4)cc3O)c3c2[C@H](C1)N(C(=O)c1cnc(C(F)(F)F)cc1N)CC3. The molecule has 9 nitrogen and oxygen atoms in total. The lowest BCUT2D eigenvalue weighted by Gasteiger charge is -2.38. The number of hydrogen-bond acceptors (Lipinski definition) is 6. The Morgan fingerprint density at radius 1 is 1.15 bits per heavy atom. The van der Waals surface area contributed by atoms with E-state index < -0.39 is 23.8 Å². The van der Waals surface area contributed by atoms with Gasteiger partial charge in [0.2, 0.25) is 5.91 Å². The zero-order valence-electron chi connectivity index (χ0n) is 21.5. The minimum Gasteiger partial charge on any atom is -0.506 e. The molecule has 0 spiro atoms. The molecule has 4 heterocycles. The quantitative estimate of drug-likeness (QED) is 0.476. The maximum absolute atomic E-state index is 13.7. The number of rotatable bonds is 4. The average molecular weight is 553 g/mol. The van der Waals surface area contributed by atoms with E-state index in [0.717, 1.165) is 35.9 Å². The van der Waals surface area contributed by atoms with Gasteiger partial charge in [0, 0.05) is 49.9 Å². The first-order valence-corrected chi connectivity index (χ1v) is 13.1. The summed E-state index contributed by atoms with van der Waals surface area (Å²) in [5.41, 5.74) is 8.11. The Hall–Kier alpha value is -4.35. The van der Waals surface area contributed by atoms with Crippen molar-refractivity contribution in [1.82, 2.24) is 24.6 Å². The Bertz CT molecular complexity index is 1540. The van der Waals surface area contributed by atoms with Crippen LogP contribution in [0.1, 0.15) is 63.4 Å². The highest BCUT2D eigenvalue weighted by molar-refractivity contribution is 5.99. The van der Waals surface area contributed by atoms with Crippen molar-refractivity contribution < 1.29 is 27.9 Å². The van der Waals surface area contributed by atoms with Crippen LogP contribution in [-0.4, -0.2) is 61.1 Å². The van der Waals surface area contributed by atoms with E-state index in [1.54, 1.807) is 15.6 Å². The van der Waals surface area contributed by atoms with E-state index >= 15 is 0 Å². The van der Waals surface area contributed by atoms with Crippen LogP contribution in [0.3, 0.4) is 0 Å². The number of aromatic nitrogens is 3. The van der Waals surface area contributed by atoms with Crippen LogP contribution in [0.4, 0.5) is 18.9 Å². The number of halogens is 3. The molecule has 0 radical (unpaired) electrons. The van der Waals surface area contributed by atoms with Crippen molar-refractivity contribution in [2.75, 3.05) is 25.4 Å². The Kier molecular flexibility index (Phi) is 6.08. The van der Waals surface area contributed by atoms with Crippen molar-refractivity contribution in [1.29, 1.82) is 0 Å². The molecule has 2 aromatic heterocycles. The summed E-state index contributed by atoms with van der Waals surface area (Å²) < 4.78 is 41.1. The van der Waals surface area contributed by atoms with E-state index in [1.807, 2.05) is 12.1 Å². The molecule has 1 aromatic carbocycles. The van der Waals surface area contributed by atoms with Gasteiger partial charge >= 0.3 is 6.18 Å². The van der Waals surface area contributed by atoms with Gasteiger partial charge in [0.15, 0.2) is 0 Å². The van der Waals surface area contributed by atoms with Gasteiger partial charge in [-0.05, 0) is 48.6 Å². The predicted molar refractivity (Wildman–Crippen MR) is 139 cm³/mol. The topological polar surface area (TPSA) is 118 Å². The Balaban J connectivity index is 1.41. The third kappa shape index (κ3) is 4.37. The van der Waals surface area contributed by atoms with Crippen molar-refractivity contribution in [3.8, 4) is 11.4 Å². The monoisotopic (exact) mass is 552 g/mol. The van der Waals surface area contributed by atoms with Crippen LogP contribution in [0.25, 0.3) is 5.69 Å². The molecule has 3 N–H and O–H groups in total. The number of benzene rings is 1. The van der Waals surface area contributed by atoms with Gasteiger partial charge in [0.05, 0.1) is 23.0 Å². The molecule has 0 unspecified atom stereocenters. The fraction of sp³-hybridized carbons (Fsp3) is 0.357. The summed E-state index contributed by atoms with van der Waals surface area (Å²) in [4.78, 5) is 32.9. The number of nitrogens with zero attached hydrogens (tertiary/aromatic N) is 5. The first-order chi connectivity index (χ1) is 19.1. The molecule has 2 amide bonds. The molecular weight excluding hydrogens is 525 g/mol. The number of phenolic OH excluding ortho intramolecular Hbond substituents is 1. The number of amides is 2. The van der Waals surface area contributed by atoms with Gasteiger partial charge < -0.3 is 20.6 Å². The van der Waals surface area contributed by atoms with Crippen molar-refractivity contribution in [3.63, 3.8) is 0 Å². The Labute approximate surface area is 227 Å². The van der Waals surface area contributed by atoms with Crippen molar-refractivity contribution >= 4 is 17.5 Å². The van der Waals surface area contributed by atoms with E-state index in [2.05, 4.69) is 11.6 Å². The van der Waals surface area contributed by atoms with Crippen molar-refractivity contribution in [2.24, 2.45) is 0 Å². The predicted octanol–water partition coefficient (Wildman–Crippen LogP) is 3.76. The largest absolute Gasteiger partial charge is 0.506 e. The van der Waals surface area contributed by atoms with E-state index in [9.17, 15) is 27.9 Å². The second-order valence-electron chi connectivity index (χ2n) is 10.4. The molecule has 6 rings (SSSR count). The molecule has 2 aliphatic heterocycles. The van der Waals surface area contributed by atoms with Crippen LogP contribution < -0.4 is 5.73 Å². The summed E-state index contributed by atoms with van der Waals surface area (Å²) >= 11 is 0. The summed E-state index contributed by atoms with van der Waals surface area (Å²) in [5.74, 6) is -0.309. The first kappa shape index (κ1) is 25.9. The second kappa shape index (κ2) is 9.39. The number of carbonyl (C=O) groups is 2. The normalized spacial score (nSPS) is 18.7. The Morgan fingerprint density at radius 2 is 1.93 bits per heavy atom. The summed E-state index contributed by atoms with van der Waals surface area (Å²) in [6, 6.07) is 5.63. The van der Waals surface area contributed by atoms with Crippen molar-refractivity contribution in [3.05, 3.63) is 76.9 Å². The third-order valence-corrected chi connectivity index (χ3v) is 7.89. The molecule has 3 aromatic rings. The number of pyridine rings is 1. The lowest BCUT2D eigenvalue weighted by Crippen LogP contribution is -2.46. The summed E-state index contributed by atoms with van der Waals surface area (Å²) in [7, 11) is 0. The minimum absolute atomic E-state index is 0.112. The molecular formula is C28H27F3N6O3. The van der Waals surface area contributed by atoms with E-state index in [4.69, 9.17) is 10.8 Å². The maximum atomic E-state index is 13.7. The highest BCUT2D eigenvalue weighted by Crippen LogP contribution is 2.43. The number of nitrogen functional groups attached to an aromatic ring is 1. The number of aromatic hydroxyl groups is 1. The fourth-order valence-corrected chi connectivity index (χ4v) is 5.72. The van der Waals surface area contributed by atoms with Crippen LogP contribution in [0.5, 0.6) is 5.75 Å². The number of nitrogens with two attached hydrogens (primary N) is 1. The molecule has 208 valence electrons.